The molecule has 21 heavy (non-hydrogen) atoms. The van der Waals surface area contributed by atoms with Gasteiger partial charge in [-0.25, -0.2) is 4.98 Å². The first-order valence-corrected chi connectivity index (χ1v) is 6.73. The lowest BCUT2D eigenvalue weighted by molar-refractivity contribution is 0.416. The van der Waals surface area contributed by atoms with E-state index in [2.05, 4.69) is 9.97 Å². The summed E-state index contributed by atoms with van der Waals surface area (Å²) in [6.45, 7) is 0. The van der Waals surface area contributed by atoms with Crippen molar-refractivity contribution in [1.29, 1.82) is 0 Å². The van der Waals surface area contributed by atoms with Gasteiger partial charge in [0.2, 0.25) is 0 Å². The number of methoxy groups -OCH3 is 1. The Morgan fingerprint density at radius 2 is 1.81 bits per heavy atom. The van der Waals surface area contributed by atoms with Gasteiger partial charge in [0, 0.05) is 5.39 Å². The Morgan fingerprint density at radius 3 is 2.71 bits per heavy atom. The summed E-state index contributed by atoms with van der Waals surface area (Å²) in [5.74, 6) is 1.59. The molecule has 4 nitrogen and oxygen atoms in total. The molecule has 0 spiro atoms. The standard InChI is InChI=1S/C17H13N3O/c1-21-15-9-5-3-7-12(15)17-19-14-10-18-13-8-4-2-6-11(13)16(14)20-17/h2-10H,1H3,(H,19,20). The van der Waals surface area contributed by atoms with Crippen molar-refractivity contribution in [2.75, 3.05) is 7.11 Å². The maximum absolute atomic E-state index is 5.41. The molecule has 0 amide bonds. The van der Waals surface area contributed by atoms with Crippen LogP contribution in [0.1, 0.15) is 0 Å². The summed E-state index contributed by atoms with van der Waals surface area (Å²) in [7, 11) is 1.67. The highest BCUT2D eigenvalue weighted by Crippen LogP contribution is 2.30. The highest BCUT2D eigenvalue weighted by molar-refractivity contribution is 6.02. The van der Waals surface area contributed by atoms with Gasteiger partial charge in [-0.3, -0.25) is 4.98 Å². The second-order valence-corrected chi connectivity index (χ2v) is 4.82. The first-order valence-electron chi connectivity index (χ1n) is 6.73. The van der Waals surface area contributed by atoms with Gasteiger partial charge in [0.15, 0.2) is 0 Å². The number of fused-ring (bicyclic) bond motifs is 3. The van der Waals surface area contributed by atoms with Crippen LogP contribution in [-0.4, -0.2) is 22.1 Å². The first kappa shape index (κ1) is 11.9. The Balaban J connectivity index is 2.01. The van der Waals surface area contributed by atoms with Gasteiger partial charge in [-0.05, 0) is 18.2 Å². The maximum Gasteiger partial charge on any atom is 0.142 e. The minimum atomic E-state index is 0.792. The van der Waals surface area contributed by atoms with Crippen LogP contribution in [0.15, 0.2) is 54.7 Å². The van der Waals surface area contributed by atoms with Crippen LogP contribution >= 0.6 is 0 Å². The van der Waals surface area contributed by atoms with E-state index in [4.69, 9.17) is 9.72 Å². The number of para-hydroxylation sites is 2. The third-order valence-corrected chi connectivity index (χ3v) is 3.59. The van der Waals surface area contributed by atoms with Crippen molar-refractivity contribution in [3.05, 3.63) is 54.7 Å². The van der Waals surface area contributed by atoms with Gasteiger partial charge in [-0.2, -0.15) is 0 Å². The minimum Gasteiger partial charge on any atom is -0.496 e. The highest BCUT2D eigenvalue weighted by Gasteiger charge is 2.12. The lowest BCUT2D eigenvalue weighted by atomic mass is 10.2. The van der Waals surface area contributed by atoms with Crippen LogP contribution in [0.25, 0.3) is 33.3 Å². The summed E-state index contributed by atoms with van der Waals surface area (Å²) in [6, 6.07) is 15.9. The number of nitrogens with zero attached hydrogens (tertiary/aromatic N) is 2. The molecule has 0 unspecified atom stereocenters. The highest BCUT2D eigenvalue weighted by atomic mass is 16.5. The topological polar surface area (TPSA) is 50.8 Å². The van der Waals surface area contributed by atoms with Gasteiger partial charge in [0.05, 0.1) is 35.4 Å². The quantitative estimate of drug-likeness (QED) is 0.605. The van der Waals surface area contributed by atoms with E-state index in [-0.39, 0.29) is 0 Å². The number of benzene rings is 2. The maximum atomic E-state index is 5.41. The monoisotopic (exact) mass is 275 g/mol. The molecule has 4 heteroatoms. The summed E-state index contributed by atoms with van der Waals surface area (Å²) in [6.07, 6.45) is 1.82. The molecule has 0 saturated heterocycles. The van der Waals surface area contributed by atoms with Gasteiger partial charge in [0.25, 0.3) is 0 Å². The Bertz CT molecular complexity index is 943. The molecular weight excluding hydrogens is 262 g/mol. The number of aromatic amines is 1. The molecule has 0 bridgehead atoms. The molecule has 1 N–H and O–H groups in total. The summed E-state index contributed by atoms with van der Waals surface area (Å²) in [4.78, 5) is 12.5. The van der Waals surface area contributed by atoms with Crippen molar-refractivity contribution in [1.82, 2.24) is 15.0 Å². The number of nitrogens with one attached hydrogen (secondary N) is 1. The van der Waals surface area contributed by atoms with E-state index in [1.165, 1.54) is 0 Å². The van der Waals surface area contributed by atoms with Gasteiger partial charge < -0.3 is 9.72 Å². The molecule has 2 aromatic heterocycles. The lowest BCUT2D eigenvalue weighted by Crippen LogP contribution is -1.88. The Labute approximate surface area is 121 Å². The fourth-order valence-electron chi connectivity index (χ4n) is 2.57. The van der Waals surface area contributed by atoms with E-state index >= 15 is 0 Å². The van der Waals surface area contributed by atoms with Crippen molar-refractivity contribution in [3.63, 3.8) is 0 Å². The molecule has 4 rings (SSSR count). The third-order valence-electron chi connectivity index (χ3n) is 3.59. The number of ether oxygens (including phenoxy) is 1. The molecule has 2 heterocycles. The molecule has 0 atom stereocenters. The smallest absolute Gasteiger partial charge is 0.142 e. The fourth-order valence-corrected chi connectivity index (χ4v) is 2.57. The molecule has 4 aromatic rings. The number of H-pyrrole nitrogens is 1. The number of pyridine rings is 1. The Kier molecular flexibility index (Phi) is 2.60. The predicted octanol–water partition coefficient (Wildman–Crippen LogP) is 3.79. The zero-order valence-corrected chi connectivity index (χ0v) is 11.5. The second kappa shape index (κ2) is 4.59. The summed E-state index contributed by atoms with van der Waals surface area (Å²) in [5, 5.41) is 1.05. The van der Waals surface area contributed by atoms with Crippen LogP contribution in [0.2, 0.25) is 0 Å². The molecule has 0 aliphatic carbocycles. The van der Waals surface area contributed by atoms with Crippen LogP contribution in [-0.2, 0) is 0 Å². The van der Waals surface area contributed by atoms with Crippen molar-refractivity contribution in [2.45, 2.75) is 0 Å². The molecule has 102 valence electrons. The van der Waals surface area contributed by atoms with Crippen molar-refractivity contribution < 1.29 is 4.74 Å². The number of hydrogen-bond acceptors (Lipinski definition) is 3. The lowest BCUT2D eigenvalue weighted by Gasteiger charge is -2.04. The Morgan fingerprint density at radius 1 is 1.00 bits per heavy atom. The number of rotatable bonds is 2. The van der Waals surface area contributed by atoms with Gasteiger partial charge in [0.1, 0.15) is 11.6 Å². The SMILES string of the molecule is COc1ccccc1-c1nc2c(cnc3ccccc32)[nH]1. The number of imidazole rings is 1. The summed E-state index contributed by atoms with van der Waals surface area (Å²) in [5.41, 5.74) is 3.75. The van der Waals surface area contributed by atoms with Crippen LogP contribution in [0.4, 0.5) is 0 Å². The van der Waals surface area contributed by atoms with E-state index in [0.717, 1.165) is 39.1 Å². The molecular formula is C17H13N3O. The van der Waals surface area contributed by atoms with Crippen LogP contribution in [0.5, 0.6) is 5.75 Å². The largest absolute Gasteiger partial charge is 0.496 e. The zero-order chi connectivity index (χ0) is 14.2. The van der Waals surface area contributed by atoms with E-state index in [9.17, 15) is 0 Å². The van der Waals surface area contributed by atoms with Crippen LogP contribution < -0.4 is 4.74 Å². The number of hydrogen-bond donors (Lipinski definition) is 1. The molecule has 0 saturated carbocycles. The average Bonchev–Trinajstić information content (AvgIpc) is 2.99. The van der Waals surface area contributed by atoms with Gasteiger partial charge in [-0.1, -0.05) is 30.3 Å². The minimum absolute atomic E-state index is 0.792. The van der Waals surface area contributed by atoms with E-state index in [0.29, 0.717) is 0 Å². The van der Waals surface area contributed by atoms with Gasteiger partial charge >= 0.3 is 0 Å². The first-order chi connectivity index (χ1) is 10.4. The van der Waals surface area contributed by atoms with Crippen LogP contribution in [0, 0.1) is 0 Å². The molecule has 0 aliphatic heterocycles. The third kappa shape index (κ3) is 1.84. The van der Waals surface area contributed by atoms with Crippen LogP contribution in [0.3, 0.4) is 0 Å². The van der Waals surface area contributed by atoms with Gasteiger partial charge in [-0.15, -0.1) is 0 Å². The van der Waals surface area contributed by atoms with Crippen molar-refractivity contribution >= 4 is 21.9 Å². The Hall–Kier alpha value is -2.88. The molecule has 0 aliphatic rings. The molecule has 2 aromatic carbocycles. The number of aromatic nitrogens is 3. The summed E-state index contributed by atoms with van der Waals surface area (Å²) >= 11 is 0. The molecule has 0 fully saturated rings. The predicted molar refractivity (Wildman–Crippen MR) is 83.4 cm³/mol. The average molecular weight is 275 g/mol. The zero-order valence-electron chi connectivity index (χ0n) is 11.5. The second-order valence-electron chi connectivity index (χ2n) is 4.82. The molecule has 0 radical (unpaired) electrons. The summed E-state index contributed by atoms with van der Waals surface area (Å²) < 4.78 is 5.41. The normalized spacial score (nSPS) is 11.1. The van der Waals surface area contributed by atoms with Crippen molar-refractivity contribution in [3.8, 4) is 17.1 Å². The van der Waals surface area contributed by atoms with E-state index < -0.39 is 0 Å². The van der Waals surface area contributed by atoms with E-state index in [1.54, 1.807) is 7.11 Å². The van der Waals surface area contributed by atoms with E-state index in [1.807, 2.05) is 54.7 Å². The van der Waals surface area contributed by atoms with Crippen molar-refractivity contribution in [2.24, 2.45) is 0 Å². The fraction of sp³-hybridized carbons (Fsp3) is 0.0588.